The van der Waals surface area contributed by atoms with E-state index in [1.807, 2.05) is 0 Å². The monoisotopic (exact) mass is 322 g/mol. The van der Waals surface area contributed by atoms with Gasteiger partial charge >= 0.3 is 11.9 Å². The van der Waals surface area contributed by atoms with Crippen molar-refractivity contribution in [1.29, 1.82) is 0 Å². The third kappa shape index (κ3) is 8.04. The molecule has 0 aliphatic rings. The maximum absolute atomic E-state index is 11.9. The Morgan fingerprint density at radius 1 is 1.05 bits per heavy atom. The molecule has 0 rings (SSSR count). The van der Waals surface area contributed by atoms with E-state index in [9.17, 15) is 9.59 Å². The molecule has 118 valence electrons. The maximum Gasteiger partial charge on any atom is 0.311 e. The van der Waals surface area contributed by atoms with Crippen LogP contribution in [0, 0.1) is 11.3 Å². The van der Waals surface area contributed by atoms with Crippen LogP contribution < -0.4 is 0 Å². The van der Waals surface area contributed by atoms with Crippen LogP contribution in [0.4, 0.5) is 0 Å². The van der Waals surface area contributed by atoms with Crippen LogP contribution in [0.15, 0.2) is 0 Å². The van der Waals surface area contributed by atoms with Gasteiger partial charge in [0.2, 0.25) is 0 Å². The molecule has 0 aliphatic heterocycles. The Balaban J connectivity index is 4.21. The summed E-state index contributed by atoms with van der Waals surface area (Å²) >= 11 is 8.11. The lowest BCUT2D eigenvalue weighted by Crippen LogP contribution is -2.31. The number of hydrogen-bond acceptors (Lipinski definition) is 6. The van der Waals surface area contributed by atoms with E-state index in [0.717, 1.165) is 12.8 Å². The van der Waals surface area contributed by atoms with Gasteiger partial charge in [-0.1, -0.05) is 6.92 Å². The van der Waals surface area contributed by atoms with Crippen LogP contribution >= 0.6 is 25.3 Å². The first-order valence-electron chi connectivity index (χ1n) is 6.90. The lowest BCUT2D eigenvalue weighted by atomic mass is 9.83. The van der Waals surface area contributed by atoms with Crippen molar-refractivity contribution in [3.8, 4) is 0 Å². The molecule has 4 nitrogen and oxygen atoms in total. The number of carbonyl (C=O) groups excluding carboxylic acids is 2. The number of hydrogen-bond donors (Lipinski definition) is 2. The van der Waals surface area contributed by atoms with Gasteiger partial charge in [0.25, 0.3) is 0 Å². The molecule has 1 unspecified atom stereocenters. The highest BCUT2D eigenvalue weighted by Gasteiger charge is 2.33. The molecule has 6 heteroatoms. The Morgan fingerprint density at radius 3 is 2.05 bits per heavy atom. The molecule has 0 aromatic rings. The second-order valence-corrected chi connectivity index (χ2v) is 6.34. The van der Waals surface area contributed by atoms with Crippen LogP contribution in [0.5, 0.6) is 0 Å². The normalized spacial score (nSPS) is 12.8. The van der Waals surface area contributed by atoms with E-state index in [1.165, 1.54) is 0 Å². The average molecular weight is 322 g/mol. The SMILES string of the molecule is CC(CC(C)(C)C(=O)OCCCS)C(=O)OCCCS. The van der Waals surface area contributed by atoms with Crippen molar-refractivity contribution in [3.05, 3.63) is 0 Å². The summed E-state index contributed by atoms with van der Waals surface area (Å²) in [5.74, 6) is 0.478. The van der Waals surface area contributed by atoms with Crippen molar-refractivity contribution >= 4 is 37.2 Å². The van der Waals surface area contributed by atoms with E-state index in [-0.39, 0.29) is 17.9 Å². The summed E-state index contributed by atoms with van der Waals surface area (Å²) in [5.41, 5.74) is -0.696. The molecule has 0 radical (unpaired) electrons. The average Bonchev–Trinajstić information content (AvgIpc) is 2.38. The van der Waals surface area contributed by atoms with Crippen molar-refractivity contribution < 1.29 is 19.1 Å². The molecular formula is C14H26O4S2. The number of rotatable bonds is 10. The van der Waals surface area contributed by atoms with Crippen LogP contribution in [-0.2, 0) is 19.1 Å². The number of thiol groups is 2. The molecule has 0 N–H and O–H groups in total. The minimum absolute atomic E-state index is 0.275. The van der Waals surface area contributed by atoms with Crippen LogP contribution in [-0.4, -0.2) is 36.7 Å². The lowest BCUT2D eigenvalue weighted by Gasteiger charge is -2.25. The third-order valence-electron chi connectivity index (χ3n) is 2.85. The van der Waals surface area contributed by atoms with Crippen molar-refractivity contribution in [2.45, 2.75) is 40.0 Å². The minimum Gasteiger partial charge on any atom is -0.465 e. The summed E-state index contributed by atoms with van der Waals surface area (Å²) in [5, 5.41) is 0. The first-order chi connectivity index (χ1) is 9.35. The molecule has 0 bridgehead atoms. The Kier molecular flexibility index (Phi) is 10.2. The van der Waals surface area contributed by atoms with Gasteiger partial charge in [0, 0.05) is 0 Å². The summed E-state index contributed by atoms with van der Waals surface area (Å²) in [6.07, 6.45) is 1.87. The second-order valence-electron chi connectivity index (χ2n) is 5.45. The Bertz CT molecular complexity index is 306. The van der Waals surface area contributed by atoms with Crippen molar-refractivity contribution in [3.63, 3.8) is 0 Å². The van der Waals surface area contributed by atoms with Gasteiger partial charge < -0.3 is 9.47 Å². The highest BCUT2D eigenvalue weighted by Crippen LogP contribution is 2.27. The molecule has 0 saturated carbocycles. The lowest BCUT2D eigenvalue weighted by molar-refractivity contribution is -0.157. The fourth-order valence-corrected chi connectivity index (χ4v) is 1.99. The predicted molar refractivity (Wildman–Crippen MR) is 86.4 cm³/mol. The fraction of sp³-hybridized carbons (Fsp3) is 0.857. The van der Waals surface area contributed by atoms with Gasteiger partial charge in [0.05, 0.1) is 24.5 Å². The molecule has 1 atom stereocenters. The number of esters is 2. The van der Waals surface area contributed by atoms with Gasteiger partial charge in [0.15, 0.2) is 0 Å². The van der Waals surface area contributed by atoms with E-state index >= 15 is 0 Å². The molecule has 0 amide bonds. The second kappa shape index (κ2) is 10.4. The topological polar surface area (TPSA) is 52.6 Å². The van der Waals surface area contributed by atoms with E-state index in [1.54, 1.807) is 20.8 Å². The largest absolute Gasteiger partial charge is 0.465 e. The van der Waals surface area contributed by atoms with E-state index in [2.05, 4.69) is 25.3 Å². The van der Waals surface area contributed by atoms with Crippen molar-refractivity contribution in [2.75, 3.05) is 24.7 Å². The summed E-state index contributed by atoms with van der Waals surface area (Å²) in [7, 11) is 0. The first-order valence-corrected chi connectivity index (χ1v) is 8.17. The zero-order valence-electron chi connectivity index (χ0n) is 12.6. The molecule has 0 heterocycles. The molecule has 0 spiro atoms. The maximum atomic E-state index is 11.9. The molecule has 0 fully saturated rings. The summed E-state index contributed by atoms with van der Waals surface area (Å²) in [6.45, 7) is 6.08. The van der Waals surface area contributed by atoms with E-state index in [0.29, 0.717) is 31.1 Å². The first kappa shape index (κ1) is 19.6. The van der Waals surface area contributed by atoms with E-state index in [4.69, 9.17) is 9.47 Å². The zero-order chi connectivity index (χ0) is 15.6. The minimum atomic E-state index is -0.696. The molecule has 0 aromatic heterocycles. The molecule has 20 heavy (non-hydrogen) atoms. The highest BCUT2D eigenvalue weighted by atomic mass is 32.1. The fourth-order valence-electron chi connectivity index (χ4n) is 1.74. The predicted octanol–water partition coefficient (Wildman–Crippen LogP) is 2.77. The number of ether oxygens (including phenoxy) is 2. The van der Waals surface area contributed by atoms with Crippen molar-refractivity contribution in [1.82, 2.24) is 0 Å². The van der Waals surface area contributed by atoms with E-state index < -0.39 is 5.41 Å². The molecule has 0 aromatic carbocycles. The van der Waals surface area contributed by atoms with Gasteiger partial charge in [-0.25, -0.2) is 0 Å². The van der Waals surface area contributed by atoms with Gasteiger partial charge in [0.1, 0.15) is 0 Å². The third-order valence-corrected chi connectivity index (χ3v) is 3.49. The van der Waals surface area contributed by atoms with Crippen LogP contribution in [0.2, 0.25) is 0 Å². The Labute approximate surface area is 132 Å². The van der Waals surface area contributed by atoms with Crippen LogP contribution in [0.3, 0.4) is 0 Å². The van der Waals surface area contributed by atoms with Gasteiger partial charge in [-0.05, 0) is 44.6 Å². The Morgan fingerprint density at radius 2 is 1.55 bits per heavy atom. The summed E-state index contributed by atoms with van der Waals surface area (Å²) in [4.78, 5) is 23.7. The Hall–Kier alpha value is -0.360. The van der Waals surface area contributed by atoms with Gasteiger partial charge in [-0.3, -0.25) is 9.59 Å². The highest BCUT2D eigenvalue weighted by molar-refractivity contribution is 7.80. The summed E-state index contributed by atoms with van der Waals surface area (Å²) < 4.78 is 10.3. The van der Waals surface area contributed by atoms with Crippen LogP contribution in [0.25, 0.3) is 0 Å². The van der Waals surface area contributed by atoms with Crippen molar-refractivity contribution in [2.24, 2.45) is 11.3 Å². The van der Waals surface area contributed by atoms with Gasteiger partial charge in [-0.15, -0.1) is 0 Å². The molecule has 0 aliphatic carbocycles. The van der Waals surface area contributed by atoms with Gasteiger partial charge in [-0.2, -0.15) is 25.3 Å². The molecule has 0 saturated heterocycles. The number of carbonyl (C=O) groups is 2. The summed E-state index contributed by atoms with van der Waals surface area (Å²) in [6, 6.07) is 0. The quantitative estimate of drug-likeness (QED) is 0.369. The zero-order valence-corrected chi connectivity index (χ0v) is 14.3. The molecular weight excluding hydrogens is 296 g/mol. The van der Waals surface area contributed by atoms with Crippen LogP contribution in [0.1, 0.15) is 40.0 Å². The smallest absolute Gasteiger partial charge is 0.311 e. The standard InChI is InChI=1S/C14H26O4S2/c1-11(12(15)17-6-4-8-19)10-14(2,3)13(16)18-7-5-9-20/h11,19-20H,4-10H2,1-3H3.